The van der Waals surface area contributed by atoms with Crippen LogP contribution in [0.15, 0.2) is 35.5 Å². The predicted molar refractivity (Wildman–Crippen MR) is 166 cm³/mol. The van der Waals surface area contributed by atoms with Crippen LogP contribution >= 0.6 is 0 Å². The van der Waals surface area contributed by atoms with Crippen LogP contribution in [-0.2, 0) is 22.3 Å². The van der Waals surface area contributed by atoms with Gasteiger partial charge in [-0.15, -0.1) is 0 Å². The lowest BCUT2D eigenvalue weighted by atomic mass is 9.96. The van der Waals surface area contributed by atoms with E-state index in [0.717, 1.165) is 57.6 Å². The van der Waals surface area contributed by atoms with E-state index in [1.54, 1.807) is 22.9 Å². The molecule has 0 radical (unpaired) electrons. The Labute approximate surface area is 262 Å². The van der Waals surface area contributed by atoms with E-state index in [1.165, 1.54) is 32.0 Å². The molecule has 45 heavy (non-hydrogen) atoms. The van der Waals surface area contributed by atoms with E-state index >= 15 is 0 Å². The molecule has 0 spiro atoms. The van der Waals surface area contributed by atoms with E-state index in [1.807, 2.05) is 4.90 Å². The van der Waals surface area contributed by atoms with Crippen LogP contribution in [0.2, 0.25) is 0 Å². The zero-order chi connectivity index (χ0) is 31.4. The zero-order valence-electron chi connectivity index (χ0n) is 25.7. The molecule has 3 fully saturated rings. The summed E-state index contributed by atoms with van der Waals surface area (Å²) in [6.07, 6.45) is 4.46. The molecule has 6 rings (SSSR count). The fourth-order valence-corrected chi connectivity index (χ4v) is 6.98. The van der Waals surface area contributed by atoms with Crippen LogP contribution in [0, 0.1) is 17.2 Å². The number of halogens is 3. The molecule has 2 aromatic rings. The van der Waals surface area contributed by atoms with Gasteiger partial charge in [0.25, 0.3) is 0 Å². The molecule has 0 aliphatic carbocycles. The number of hydrogen-bond acceptors (Lipinski definition) is 7. The van der Waals surface area contributed by atoms with Gasteiger partial charge in [-0.25, -0.2) is 0 Å². The van der Waals surface area contributed by atoms with Crippen LogP contribution in [0.25, 0.3) is 0 Å². The average Bonchev–Trinajstić information content (AvgIpc) is 3.71. The first kappa shape index (κ1) is 31.6. The topological polar surface area (TPSA) is 95.2 Å². The van der Waals surface area contributed by atoms with Gasteiger partial charge in [0.15, 0.2) is 6.17 Å². The number of rotatable bonds is 10. The molecule has 4 aliphatic rings. The van der Waals surface area contributed by atoms with Gasteiger partial charge in [0.2, 0.25) is 5.91 Å². The number of hydrogen-bond donors (Lipinski definition) is 2. The highest BCUT2D eigenvalue weighted by atomic mass is 19.4. The van der Waals surface area contributed by atoms with Crippen molar-refractivity contribution in [1.82, 2.24) is 14.4 Å². The van der Waals surface area contributed by atoms with Gasteiger partial charge >= 0.3 is 6.18 Å². The molecule has 9 nitrogen and oxygen atoms in total. The summed E-state index contributed by atoms with van der Waals surface area (Å²) >= 11 is 0. The molecule has 0 bridgehead atoms. The first-order chi connectivity index (χ1) is 21.8. The Kier molecular flexibility index (Phi) is 9.79. The largest absolute Gasteiger partial charge is 0.493 e. The van der Waals surface area contributed by atoms with E-state index in [4.69, 9.17) is 14.9 Å². The molecule has 4 aliphatic heterocycles. The number of aliphatic imine (C=N–C) groups is 1. The number of anilines is 1. The summed E-state index contributed by atoms with van der Waals surface area (Å²) in [6, 6.07) is 5.79. The number of nitrogens with zero attached hydrogens (tertiary/aromatic N) is 4. The Bertz CT molecular complexity index is 1370. The summed E-state index contributed by atoms with van der Waals surface area (Å²) in [4.78, 5) is 22.3. The molecule has 244 valence electrons. The standard InChI is InChI=1S/C33H43F3N6O3/c34-33(35,36)27-19-25(3-4-28(27)45-18-10-23-8-16-44-17-9-23)31-26-7-15-42(32(26)39-29(20-37)38-31)22-30(43)41-13-5-24(6-14-41)21-40-11-1-2-12-40/h3-4,7,15,19-20,23-24,29,37,39H,1-2,5-6,8-14,16-18,21-22H2. The van der Waals surface area contributed by atoms with Gasteiger partial charge in [-0.05, 0) is 94.1 Å². The van der Waals surface area contributed by atoms with Crippen molar-refractivity contribution in [3.05, 3.63) is 47.2 Å². The van der Waals surface area contributed by atoms with Gasteiger partial charge in [0.1, 0.15) is 18.1 Å². The van der Waals surface area contributed by atoms with Gasteiger partial charge in [0, 0.05) is 56.4 Å². The smallest absolute Gasteiger partial charge is 0.419 e. The van der Waals surface area contributed by atoms with Crippen molar-refractivity contribution in [3.63, 3.8) is 0 Å². The second-order valence-corrected chi connectivity index (χ2v) is 12.7. The quantitative estimate of drug-likeness (QED) is 0.350. The van der Waals surface area contributed by atoms with Crippen molar-refractivity contribution >= 4 is 23.7 Å². The van der Waals surface area contributed by atoms with Gasteiger partial charge in [-0.1, -0.05) is 0 Å². The number of carbonyl (C=O) groups is 1. The summed E-state index contributed by atoms with van der Waals surface area (Å²) < 4.78 is 55.5. The lowest BCUT2D eigenvalue weighted by Crippen LogP contribution is -2.42. The lowest BCUT2D eigenvalue weighted by molar-refractivity contribution is -0.139. The summed E-state index contributed by atoms with van der Waals surface area (Å²) in [6.45, 7) is 6.59. The maximum atomic E-state index is 14.2. The number of nitrogens with one attached hydrogen (secondary N) is 2. The Morgan fingerprint density at radius 1 is 1.07 bits per heavy atom. The molecule has 5 heterocycles. The third kappa shape index (κ3) is 7.54. The monoisotopic (exact) mass is 628 g/mol. The number of ether oxygens (including phenoxy) is 2. The van der Waals surface area contributed by atoms with Gasteiger partial charge < -0.3 is 34.6 Å². The van der Waals surface area contributed by atoms with Crippen molar-refractivity contribution in [2.24, 2.45) is 16.8 Å². The van der Waals surface area contributed by atoms with Crippen LogP contribution in [0.3, 0.4) is 0 Å². The highest BCUT2D eigenvalue weighted by molar-refractivity contribution is 6.17. The number of fused-ring (bicyclic) bond motifs is 1. The first-order valence-electron chi connectivity index (χ1n) is 16.2. The average molecular weight is 629 g/mol. The Morgan fingerprint density at radius 3 is 2.53 bits per heavy atom. The number of aromatic nitrogens is 1. The molecule has 1 aromatic heterocycles. The maximum absolute atomic E-state index is 14.2. The molecule has 1 aromatic carbocycles. The molecule has 3 saturated heterocycles. The lowest BCUT2D eigenvalue weighted by Gasteiger charge is -2.34. The fraction of sp³-hybridized carbons (Fsp3) is 0.606. The first-order valence-corrected chi connectivity index (χ1v) is 16.2. The van der Waals surface area contributed by atoms with Crippen molar-refractivity contribution in [2.45, 2.75) is 63.8 Å². The minimum atomic E-state index is -4.62. The molecular weight excluding hydrogens is 585 g/mol. The third-order valence-electron chi connectivity index (χ3n) is 9.60. The normalized spacial score (nSPS) is 21.7. The molecular formula is C33H43F3N6O3. The number of benzene rings is 1. The summed E-state index contributed by atoms with van der Waals surface area (Å²) in [7, 11) is 0. The number of carbonyl (C=O) groups excluding carboxylic acids is 1. The minimum absolute atomic E-state index is 0.00639. The van der Waals surface area contributed by atoms with E-state index < -0.39 is 17.9 Å². The highest BCUT2D eigenvalue weighted by Gasteiger charge is 2.36. The van der Waals surface area contributed by atoms with Crippen LogP contribution < -0.4 is 10.1 Å². The van der Waals surface area contributed by atoms with Crippen molar-refractivity contribution in [3.8, 4) is 5.75 Å². The van der Waals surface area contributed by atoms with Crippen LogP contribution in [0.5, 0.6) is 5.75 Å². The third-order valence-corrected chi connectivity index (χ3v) is 9.60. The molecule has 12 heteroatoms. The zero-order valence-corrected chi connectivity index (χ0v) is 25.7. The molecule has 1 unspecified atom stereocenters. The fourth-order valence-electron chi connectivity index (χ4n) is 6.98. The number of piperidine rings is 1. The van der Waals surface area contributed by atoms with E-state index in [0.29, 0.717) is 48.6 Å². The highest BCUT2D eigenvalue weighted by Crippen LogP contribution is 2.38. The van der Waals surface area contributed by atoms with Crippen molar-refractivity contribution in [1.29, 1.82) is 5.41 Å². The number of amides is 1. The van der Waals surface area contributed by atoms with E-state index in [2.05, 4.69) is 15.2 Å². The Hall–Kier alpha value is -3.38. The van der Waals surface area contributed by atoms with Gasteiger partial charge in [0.05, 0.1) is 17.9 Å². The van der Waals surface area contributed by atoms with Crippen molar-refractivity contribution < 1.29 is 27.4 Å². The van der Waals surface area contributed by atoms with Crippen LogP contribution in [0.4, 0.5) is 19.0 Å². The number of likely N-dealkylation sites (tertiary alicyclic amines) is 2. The van der Waals surface area contributed by atoms with Gasteiger partial charge in [-0.2, -0.15) is 13.2 Å². The summed E-state index contributed by atoms with van der Waals surface area (Å²) in [5.74, 6) is 1.37. The van der Waals surface area contributed by atoms with Crippen LogP contribution in [-0.4, -0.2) is 90.9 Å². The maximum Gasteiger partial charge on any atom is 0.419 e. The Balaban J connectivity index is 1.15. The Morgan fingerprint density at radius 2 is 1.82 bits per heavy atom. The van der Waals surface area contributed by atoms with Crippen LogP contribution in [0.1, 0.15) is 61.6 Å². The van der Waals surface area contributed by atoms with Gasteiger partial charge in [-0.3, -0.25) is 9.79 Å². The van der Waals surface area contributed by atoms with E-state index in [9.17, 15) is 18.0 Å². The second kappa shape index (κ2) is 13.9. The SMILES string of the molecule is N=CC1N=C(c2ccc(OCCC3CCOCC3)c(C(F)(F)F)c2)c2ccn(CC(=O)N3CCC(CN4CCCC4)CC3)c2N1. The van der Waals surface area contributed by atoms with Crippen molar-refractivity contribution in [2.75, 3.05) is 57.9 Å². The summed E-state index contributed by atoms with van der Waals surface area (Å²) in [5.41, 5.74) is 0.346. The number of alkyl halides is 3. The summed E-state index contributed by atoms with van der Waals surface area (Å²) in [5, 5.41) is 11.0. The molecule has 1 atom stereocenters. The second-order valence-electron chi connectivity index (χ2n) is 12.7. The minimum Gasteiger partial charge on any atom is -0.493 e. The molecule has 0 saturated carbocycles. The van der Waals surface area contributed by atoms with E-state index in [-0.39, 0.29) is 30.4 Å². The predicted octanol–water partition coefficient (Wildman–Crippen LogP) is 5.28. The molecule has 1 amide bonds. The molecule has 2 N–H and O–H groups in total.